The van der Waals surface area contributed by atoms with Crippen LogP contribution in [-0.4, -0.2) is 32.9 Å². The van der Waals surface area contributed by atoms with E-state index in [2.05, 4.69) is 22.0 Å². The minimum absolute atomic E-state index is 0.0197. The largest absolute Gasteiger partial charge is 0.465 e. The second-order valence-corrected chi connectivity index (χ2v) is 7.38. The Morgan fingerprint density at radius 1 is 1.26 bits per heavy atom. The molecule has 7 heteroatoms. The number of carbonyl (C=O) groups excluding carboxylic acids is 1. The van der Waals surface area contributed by atoms with E-state index in [0.29, 0.717) is 5.56 Å². The van der Waals surface area contributed by atoms with Crippen molar-refractivity contribution in [3.8, 4) is 0 Å². The molecule has 1 heterocycles. The Morgan fingerprint density at radius 2 is 2.06 bits per heavy atom. The Hall–Kier alpha value is -3.74. The number of methoxy groups -OCH3 is 1. The number of rotatable bonds is 6. The second kappa shape index (κ2) is 9.84. The third-order valence-corrected chi connectivity index (χ3v) is 5.24. The number of benzene rings is 2. The Bertz CT molecular complexity index is 1040. The van der Waals surface area contributed by atoms with Gasteiger partial charge in [-0.1, -0.05) is 18.2 Å². The SMILES string of the molecule is CN/C=C(\C=N)c1ccc2c(c1)C(Nc1cccc(C(=O)OC)c1)CCN/C2=C(/C)N. The van der Waals surface area contributed by atoms with Crippen LogP contribution in [0, 0.1) is 5.41 Å². The van der Waals surface area contributed by atoms with Gasteiger partial charge in [0.1, 0.15) is 0 Å². The molecule has 2 aromatic rings. The molecular formula is C24H29N5O2. The fourth-order valence-electron chi connectivity index (χ4n) is 3.77. The number of hydrogen-bond donors (Lipinski definition) is 5. The Morgan fingerprint density at radius 3 is 2.74 bits per heavy atom. The van der Waals surface area contributed by atoms with Gasteiger partial charge in [0.2, 0.25) is 0 Å². The van der Waals surface area contributed by atoms with Gasteiger partial charge in [-0.15, -0.1) is 0 Å². The highest BCUT2D eigenvalue weighted by atomic mass is 16.5. The van der Waals surface area contributed by atoms with Crippen LogP contribution >= 0.6 is 0 Å². The summed E-state index contributed by atoms with van der Waals surface area (Å²) in [5, 5.41) is 17.8. The number of hydrogen-bond acceptors (Lipinski definition) is 7. The van der Waals surface area contributed by atoms with Crippen LogP contribution in [0.25, 0.3) is 11.3 Å². The Labute approximate surface area is 182 Å². The van der Waals surface area contributed by atoms with Gasteiger partial charge in [-0.25, -0.2) is 4.79 Å². The highest BCUT2D eigenvalue weighted by Gasteiger charge is 2.23. The van der Waals surface area contributed by atoms with Crippen LogP contribution in [0.1, 0.15) is 46.4 Å². The number of fused-ring (bicyclic) bond motifs is 1. The second-order valence-electron chi connectivity index (χ2n) is 7.38. The van der Waals surface area contributed by atoms with Crippen molar-refractivity contribution in [1.29, 1.82) is 5.41 Å². The van der Waals surface area contributed by atoms with Crippen molar-refractivity contribution in [1.82, 2.24) is 10.6 Å². The topological polar surface area (TPSA) is 112 Å². The smallest absolute Gasteiger partial charge is 0.337 e. The van der Waals surface area contributed by atoms with Crippen molar-refractivity contribution >= 4 is 29.1 Å². The minimum Gasteiger partial charge on any atom is -0.465 e. The maximum atomic E-state index is 11.9. The van der Waals surface area contributed by atoms with Gasteiger partial charge in [0.15, 0.2) is 0 Å². The maximum absolute atomic E-state index is 11.9. The number of carbonyl (C=O) groups is 1. The van der Waals surface area contributed by atoms with Crippen LogP contribution in [0.2, 0.25) is 0 Å². The first-order chi connectivity index (χ1) is 15.0. The monoisotopic (exact) mass is 419 g/mol. The van der Waals surface area contributed by atoms with Crippen molar-refractivity contribution < 1.29 is 9.53 Å². The van der Waals surface area contributed by atoms with Gasteiger partial charge in [0, 0.05) is 48.5 Å². The molecular weight excluding hydrogens is 390 g/mol. The fourth-order valence-corrected chi connectivity index (χ4v) is 3.77. The van der Waals surface area contributed by atoms with Gasteiger partial charge < -0.3 is 31.8 Å². The van der Waals surface area contributed by atoms with Crippen LogP contribution < -0.4 is 21.7 Å². The van der Waals surface area contributed by atoms with E-state index >= 15 is 0 Å². The fraction of sp³-hybridized carbons (Fsp3) is 0.250. The lowest BCUT2D eigenvalue weighted by Gasteiger charge is -2.22. The molecule has 0 aromatic heterocycles. The number of ether oxygens (including phenoxy) is 1. The quantitative estimate of drug-likeness (QED) is 0.362. The van der Waals surface area contributed by atoms with Crippen LogP contribution in [0.4, 0.5) is 5.69 Å². The molecule has 0 amide bonds. The highest BCUT2D eigenvalue weighted by molar-refractivity contribution is 6.08. The minimum atomic E-state index is -0.370. The zero-order valence-electron chi connectivity index (χ0n) is 18.1. The molecule has 0 bridgehead atoms. The van der Waals surface area contributed by atoms with Gasteiger partial charge >= 0.3 is 5.97 Å². The molecule has 0 aliphatic carbocycles. The van der Waals surface area contributed by atoms with Crippen molar-refractivity contribution in [2.45, 2.75) is 19.4 Å². The first kappa shape index (κ1) is 22.0. The number of nitrogens with two attached hydrogens (primary N) is 1. The summed E-state index contributed by atoms with van der Waals surface area (Å²) in [7, 11) is 3.19. The summed E-state index contributed by atoms with van der Waals surface area (Å²) < 4.78 is 4.85. The zero-order chi connectivity index (χ0) is 22.4. The molecule has 0 radical (unpaired) electrons. The van der Waals surface area contributed by atoms with Crippen molar-refractivity contribution in [2.24, 2.45) is 5.73 Å². The molecule has 2 aromatic carbocycles. The molecule has 6 N–H and O–H groups in total. The van der Waals surface area contributed by atoms with E-state index in [9.17, 15) is 4.79 Å². The normalized spacial score (nSPS) is 17.5. The molecule has 0 spiro atoms. The van der Waals surface area contributed by atoms with Crippen LogP contribution in [-0.2, 0) is 4.74 Å². The van der Waals surface area contributed by atoms with E-state index in [-0.39, 0.29) is 12.0 Å². The zero-order valence-corrected chi connectivity index (χ0v) is 18.1. The lowest BCUT2D eigenvalue weighted by atomic mass is 9.92. The first-order valence-electron chi connectivity index (χ1n) is 10.2. The highest BCUT2D eigenvalue weighted by Crippen LogP contribution is 2.34. The predicted octanol–water partition coefficient (Wildman–Crippen LogP) is 3.48. The molecule has 1 atom stereocenters. The predicted molar refractivity (Wildman–Crippen MR) is 126 cm³/mol. The van der Waals surface area contributed by atoms with E-state index < -0.39 is 0 Å². The summed E-state index contributed by atoms with van der Waals surface area (Å²) >= 11 is 0. The van der Waals surface area contributed by atoms with Gasteiger partial charge in [-0.2, -0.15) is 0 Å². The van der Waals surface area contributed by atoms with E-state index in [1.54, 1.807) is 18.3 Å². The van der Waals surface area contributed by atoms with Crippen molar-refractivity contribution in [2.75, 3.05) is 26.0 Å². The summed E-state index contributed by atoms with van der Waals surface area (Å²) in [6, 6.07) is 13.4. The standard InChI is InChI=1S/C24H29N5O2/c1-15(26)23-20-8-7-16(18(13-25)14-27-2)12-21(20)22(9-10-28-23)29-19-6-4-5-17(11-19)24(30)31-3/h4-8,11-14,22,25,27-29H,9-10,26H2,1-3H3/b18-14+,23-15-,25-13?. The summed E-state index contributed by atoms with van der Waals surface area (Å²) in [5.41, 5.74) is 13.0. The van der Waals surface area contributed by atoms with Crippen LogP contribution in [0.3, 0.4) is 0 Å². The molecule has 7 nitrogen and oxygen atoms in total. The Balaban J connectivity index is 2.07. The van der Waals surface area contributed by atoms with Gasteiger partial charge in [0.05, 0.1) is 24.4 Å². The van der Waals surface area contributed by atoms with Gasteiger partial charge in [-0.3, -0.25) is 0 Å². The molecule has 0 saturated carbocycles. The molecule has 31 heavy (non-hydrogen) atoms. The molecule has 1 aliphatic rings. The number of esters is 1. The average Bonchev–Trinajstić information content (AvgIpc) is 2.96. The third kappa shape index (κ3) is 4.88. The molecule has 1 aliphatic heterocycles. The lowest BCUT2D eigenvalue weighted by molar-refractivity contribution is 0.0601. The van der Waals surface area contributed by atoms with E-state index in [0.717, 1.165) is 52.3 Å². The van der Waals surface area contributed by atoms with Gasteiger partial charge in [0.25, 0.3) is 0 Å². The van der Waals surface area contributed by atoms with Gasteiger partial charge in [-0.05, 0) is 48.7 Å². The molecule has 0 fully saturated rings. The third-order valence-electron chi connectivity index (χ3n) is 5.24. The van der Waals surface area contributed by atoms with Crippen LogP contribution in [0.5, 0.6) is 0 Å². The summed E-state index contributed by atoms with van der Waals surface area (Å²) in [6.45, 7) is 2.63. The summed E-state index contributed by atoms with van der Waals surface area (Å²) in [4.78, 5) is 11.9. The number of nitrogens with one attached hydrogen (secondary N) is 4. The lowest BCUT2D eigenvalue weighted by Crippen LogP contribution is -2.17. The van der Waals surface area contributed by atoms with E-state index in [1.165, 1.54) is 13.3 Å². The first-order valence-corrected chi connectivity index (χ1v) is 10.2. The molecule has 162 valence electrons. The number of anilines is 1. The summed E-state index contributed by atoms with van der Waals surface area (Å²) in [6.07, 6.45) is 3.95. The van der Waals surface area contributed by atoms with E-state index in [1.807, 2.05) is 38.2 Å². The summed E-state index contributed by atoms with van der Waals surface area (Å²) in [5.74, 6) is -0.370. The van der Waals surface area contributed by atoms with Crippen LogP contribution in [0.15, 0.2) is 54.4 Å². The molecule has 0 saturated heterocycles. The maximum Gasteiger partial charge on any atom is 0.337 e. The van der Waals surface area contributed by atoms with E-state index in [4.69, 9.17) is 15.9 Å². The average molecular weight is 420 g/mol. The molecule has 3 rings (SSSR count). The molecule has 1 unspecified atom stereocenters. The Kier molecular flexibility index (Phi) is 6.97. The van der Waals surface area contributed by atoms with Crippen molar-refractivity contribution in [3.63, 3.8) is 0 Å². The van der Waals surface area contributed by atoms with Crippen molar-refractivity contribution in [3.05, 3.63) is 76.6 Å². The number of allylic oxidation sites excluding steroid dienone is 2.